The zero-order chi connectivity index (χ0) is 12.8. The highest BCUT2D eigenvalue weighted by atomic mass is 16.5. The van der Waals surface area contributed by atoms with Gasteiger partial charge >= 0.3 is 0 Å². The lowest BCUT2D eigenvalue weighted by atomic mass is 10.1. The standard InChI is InChI=1S/C14H21NO2/c1-5-7-13(16)15-12-8-10(3)14(17-6-2)11(4)9-12/h8-9H,5-7H2,1-4H3,(H,15,16). The molecule has 1 rings (SSSR count). The van der Waals surface area contributed by atoms with Crippen LogP contribution in [0.3, 0.4) is 0 Å². The summed E-state index contributed by atoms with van der Waals surface area (Å²) in [6, 6.07) is 3.90. The van der Waals surface area contributed by atoms with Gasteiger partial charge in [0.15, 0.2) is 0 Å². The Labute approximate surface area is 103 Å². The van der Waals surface area contributed by atoms with E-state index in [1.807, 2.05) is 39.8 Å². The van der Waals surface area contributed by atoms with Crippen LogP contribution in [0.2, 0.25) is 0 Å². The fourth-order valence-electron chi connectivity index (χ4n) is 1.84. The van der Waals surface area contributed by atoms with Gasteiger partial charge in [-0.05, 0) is 50.5 Å². The molecule has 0 aliphatic heterocycles. The Hall–Kier alpha value is -1.51. The predicted molar refractivity (Wildman–Crippen MR) is 70.6 cm³/mol. The molecule has 0 bridgehead atoms. The van der Waals surface area contributed by atoms with Crippen LogP contribution in [0, 0.1) is 13.8 Å². The van der Waals surface area contributed by atoms with Gasteiger partial charge in [0.2, 0.25) is 5.91 Å². The summed E-state index contributed by atoms with van der Waals surface area (Å²) in [7, 11) is 0. The Morgan fingerprint density at radius 3 is 2.29 bits per heavy atom. The van der Waals surface area contributed by atoms with Gasteiger partial charge in [-0.15, -0.1) is 0 Å². The Morgan fingerprint density at radius 2 is 1.82 bits per heavy atom. The quantitative estimate of drug-likeness (QED) is 0.849. The number of carbonyl (C=O) groups is 1. The molecule has 3 heteroatoms. The monoisotopic (exact) mass is 235 g/mol. The van der Waals surface area contributed by atoms with Crippen molar-refractivity contribution in [3.63, 3.8) is 0 Å². The first-order valence-corrected chi connectivity index (χ1v) is 6.12. The Kier molecular flexibility index (Phi) is 5.01. The minimum Gasteiger partial charge on any atom is -0.493 e. The van der Waals surface area contributed by atoms with Crippen LogP contribution in [-0.4, -0.2) is 12.5 Å². The van der Waals surface area contributed by atoms with Gasteiger partial charge in [0.25, 0.3) is 0 Å². The first-order valence-electron chi connectivity index (χ1n) is 6.12. The molecule has 0 saturated carbocycles. The number of anilines is 1. The number of hydrogen-bond acceptors (Lipinski definition) is 2. The normalized spacial score (nSPS) is 10.1. The van der Waals surface area contributed by atoms with Crippen molar-refractivity contribution in [3.05, 3.63) is 23.3 Å². The molecule has 0 radical (unpaired) electrons. The molecular weight excluding hydrogens is 214 g/mol. The minimum absolute atomic E-state index is 0.0652. The van der Waals surface area contributed by atoms with Gasteiger partial charge in [-0.2, -0.15) is 0 Å². The number of amides is 1. The van der Waals surface area contributed by atoms with Gasteiger partial charge in [0.1, 0.15) is 5.75 Å². The highest BCUT2D eigenvalue weighted by Gasteiger charge is 2.07. The summed E-state index contributed by atoms with van der Waals surface area (Å²) in [5.41, 5.74) is 2.96. The molecule has 94 valence electrons. The molecule has 0 aromatic heterocycles. The second-order valence-electron chi connectivity index (χ2n) is 4.17. The summed E-state index contributed by atoms with van der Waals surface area (Å²) in [5, 5.41) is 2.90. The first kappa shape index (κ1) is 13.6. The molecule has 0 heterocycles. The van der Waals surface area contributed by atoms with E-state index < -0.39 is 0 Å². The third-order valence-corrected chi connectivity index (χ3v) is 2.51. The van der Waals surface area contributed by atoms with E-state index in [0.29, 0.717) is 13.0 Å². The first-order chi connectivity index (χ1) is 8.08. The molecule has 0 spiro atoms. The number of carbonyl (C=O) groups excluding carboxylic acids is 1. The number of hydrogen-bond donors (Lipinski definition) is 1. The van der Waals surface area contributed by atoms with Crippen molar-refractivity contribution in [1.82, 2.24) is 0 Å². The molecule has 1 aromatic rings. The maximum atomic E-state index is 11.5. The molecular formula is C14H21NO2. The number of rotatable bonds is 5. The molecule has 17 heavy (non-hydrogen) atoms. The van der Waals surface area contributed by atoms with E-state index in [-0.39, 0.29) is 5.91 Å². The van der Waals surface area contributed by atoms with Crippen LogP contribution in [0.15, 0.2) is 12.1 Å². The molecule has 3 nitrogen and oxygen atoms in total. The lowest BCUT2D eigenvalue weighted by Gasteiger charge is -2.13. The van der Waals surface area contributed by atoms with Crippen LogP contribution in [0.5, 0.6) is 5.75 Å². The summed E-state index contributed by atoms with van der Waals surface area (Å²) in [5.74, 6) is 0.983. The minimum atomic E-state index is 0.0652. The lowest BCUT2D eigenvalue weighted by Crippen LogP contribution is -2.11. The molecule has 0 saturated heterocycles. The number of ether oxygens (including phenoxy) is 1. The summed E-state index contributed by atoms with van der Waals surface area (Å²) < 4.78 is 5.56. The third kappa shape index (κ3) is 3.77. The predicted octanol–water partition coefficient (Wildman–Crippen LogP) is 3.44. The SMILES string of the molecule is CCCC(=O)Nc1cc(C)c(OCC)c(C)c1. The van der Waals surface area contributed by atoms with Crippen LogP contribution >= 0.6 is 0 Å². The van der Waals surface area contributed by atoms with Crippen molar-refractivity contribution < 1.29 is 9.53 Å². The van der Waals surface area contributed by atoms with Gasteiger partial charge in [-0.1, -0.05) is 6.92 Å². The van der Waals surface area contributed by atoms with E-state index in [1.54, 1.807) is 0 Å². The summed E-state index contributed by atoms with van der Waals surface area (Å²) in [6.07, 6.45) is 1.42. The highest BCUT2D eigenvalue weighted by Crippen LogP contribution is 2.27. The van der Waals surface area contributed by atoms with Crippen LogP contribution < -0.4 is 10.1 Å². The third-order valence-electron chi connectivity index (χ3n) is 2.51. The molecule has 0 unspecified atom stereocenters. The zero-order valence-corrected chi connectivity index (χ0v) is 11.1. The summed E-state index contributed by atoms with van der Waals surface area (Å²) in [4.78, 5) is 11.5. The van der Waals surface area contributed by atoms with Gasteiger partial charge in [-0.3, -0.25) is 4.79 Å². The number of nitrogens with one attached hydrogen (secondary N) is 1. The van der Waals surface area contributed by atoms with Crippen molar-refractivity contribution in [3.8, 4) is 5.75 Å². The largest absolute Gasteiger partial charge is 0.493 e. The van der Waals surface area contributed by atoms with Crippen molar-refractivity contribution in [2.45, 2.75) is 40.5 Å². The molecule has 1 aromatic carbocycles. The van der Waals surface area contributed by atoms with E-state index in [1.165, 1.54) is 0 Å². The molecule has 1 amide bonds. The summed E-state index contributed by atoms with van der Waals surface area (Å²) >= 11 is 0. The molecule has 0 fully saturated rings. The number of aryl methyl sites for hydroxylation is 2. The maximum absolute atomic E-state index is 11.5. The van der Waals surface area contributed by atoms with Crippen molar-refractivity contribution in [1.29, 1.82) is 0 Å². The fraction of sp³-hybridized carbons (Fsp3) is 0.500. The topological polar surface area (TPSA) is 38.3 Å². The van der Waals surface area contributed by atoms with Gasteiger partial charge in [-0.25, -0.2) is 0 Å². The van der Waals surface area contributed by atoms with E-state index in [4.69, 9.17) is 4.74 Å². The average Bonchev–Trinajstić information content (AvgIpc) is 2.23. The second kappa shape index (κ2) is 6.28. The van der Waals surface area contributed by atoms with Crippen LogP contribution in [0.25, 0.3) is 0 Å². The second-order valence-corrected chi connectivity index (χ2v) is 4.17. The molecule has 1 N–H and O–H groups in total. The van der Waals surface area contributed by atoms with Crippen molar-refractivity contribution in [2.24, 2.45) is 0 Å². The van der Waals surface area contributed by atoms with Gasteiger partial charge in [0.05, 0.1) is 6.61 Å². The van der Waals surface area contributed by atoms with Gasteiger partial charge in [0, 0.05) is 12.1 Å². The molecule has 0 aliphatic carbocycles. The Morgan fingerprint density at radius 1 is 1.24 bits per heavy atom. The lowest BCUT2D eigenvalue weighted by molar-refractivity contribution is -0.116. The van der Waals surface area contributed by atoms with E-state index in [0.717, 1.165) is 29.0 Å². The van der Waals surface area contributed by atoms with Crippen LogP contribution in [0.1, 0.15) is 37.8 Å². The highest BCUT2D eigenvalue weighted by molar-refractivity contribution is 5.91. The van der Waals surface area contributed by atoms with Gasteiger partial charge < -0.3 is 10.1 Å². The average molecular weight is 235 g/mol. The maximum Gasteiger partial charge on any atom is 0.224 e. The van der Waals surface area contributed by atoms with Crippen molar-refractivity contribution in [2.75, 3.05) is 11.9 Å². The zero-order valence-electron chi connectivity index (χ0n) is 11.1. The summed E-state index contributed by atoms with van der Waals surface area (Å²) in [6.45, 7) is 8.61. The smallest absolute Gasteiger partial charge is 0.224 e. The van der Waals surface area contributed by atoms with Crippen molar-refractivity contribution >= 4 is 11.6 Å². The molecule has 0 atom stereocenters. The Bertz CT molecular complexity index is 376. The van der Waals surface area contributed by atoms with E-state index >= 15 is 0 Å². The van der Waals surface area contributed by atoms with Crippen LogP contribution in [-0.2, 0) is 4.79 Å². The Balaban J connectivity index is 2.86. The molecule has 0 aliphatic rings. The van der Waals surface area contributed by atoms with Crippen LogP contribution in [0.4, 0.5) is 5.69 Å². The van der Waals surface area contributed by atoms with E-state index in [9.17, 15) is 4.79 Å². The number of benzene rings is 1. The fourth-order valence-corrected chi connectivity index (χ4v) is 1.84. The van der Waals surface area contributed by atoms with E-state index in [2.05, 4.69) is 5.32 Å².